The van der Waals surface area contributed by atoms with Crippen LogP contribution in [0, 0.1) is 10.8 Å². The molecule has 0 aromatic carbocycles. The standard InChI is InChI=1S/C12H27N/c1-9-12(13-8,10(2,3)4)11(5,6)7/h13H,9H2,1-8H3. The fraction of sp³-hybridized carbons (Fsp3) is 1.00. The van der Waals surface area contributed by atoms with Gasteiger partial charge in [0.25, 0.3) is 0 Å². The Morgan fingerprint density at radius 1 is 0.846 bits per heavy atom. The van der Waals surface area contributed by atoms with Crippen molar-refractivity contribution in [2.24, 2.45) is 10.8 Å². The lowest BCUT2D eigenvalue weighted by Gasteiger charge is -2.53. The molecule has 0 aliphatic rings. The highest BCUT2D eigenvalue weighted by molar-refractivity contribution is 5.04. The lowest BCUT2D eigenvalue weighted by Crippen LogP contribution is -2.61. The van der Waals surface area contributed by atoms with E-state index in [4.69, 9.17) is 0 Å². The first-order chi connectivity index (χ1) is 5.62. The molecular formula is C12H27N. The zero-order chi connectivity index (χ0) is 10.9. The van der Waals surface area contributed by atoms with E-state index in [1.807, 2.05) is 0 Å². The topological polar surface area (TPSA) is 12.0 Å². The minimum absolute atomic E-state index is 0.208. The summed E-state index contributed by atoms with van der Waals surface area (Å²) in [5.74, 6) is 0. The molecule has 1 N–H and O–H groups in total. The van der Waals surface area contributed by atoms with Crippen LogP contribution in [-0.4, -0.2) is 12.6 Å². The lowest BCUT2D eigenvalue weighted by molar-refractivity contribution is 0.0245. The second-order valence-electron chi connectivity index (χ2n) is 6.01. The average Bonchev–Trinajstić information content (AvgIpc) is 1.84. The van der Waals surface area contributed by atoms with E-state index in [0.29, 0.717) is 0 Å². The van der Waals surface area contributed by atoms with Gasteiger partial charge in [-0.3, -0.25) is 0 Å². The molecule has 0 aliphatic carbocycles. The molecule has 0 unspecified atom stereocenters. The Bertz CT molecular complexity index is 137. The smallest absolute Gasteiger partial charge is 0.0272 e. The molecule has 0 aromatic rings. The predicted octanol–water partition coefficient (Wildman–Crippen LogP) is 3.45. The Labute approximate surface area is 84.3 Å². The summed E-state index contributed by atoms with van der Waals surface area (Å²) < 4.78 is 0. The summed E-state index contributed by atoms with van der Waals surface area (Å²) in [6.07, 6.45) is 1.16. The van der Waals surface area contributed by atoms with Gasteiger partial charge in [-0.15, -0.1) is 0 Å². The third-order valence-electron chi connectivity index (χ3n) is 3.52. The second-order valence-corrected chi connectivity index (χ2v) is 6.01. The number of hydrogen-bond acceptors (Lipinski definition) is 1. The van der Waals surface area contributed by atoms with Crippen LogP contribution >= 0.6 is 0 Å². The van der Waals surface area contributed by atoms with Crippen molar-refractivity contribution in [2.45, 2.75) is 60.4 Å². The van der Waals surface area contributed by atoms with Gasteiger partial charge in [-0.2, -0.15) is 0 Å². The van der Waals surface area contributed by atoms with Crippen LogP contribution in [0.25, 0.3) is 0 Å². The first-order valence-electron chi connectivity index (χ1n) is 5.31. The SMILES string of the molecule is CCC(NC)(C(C)(C)C)C(C)(C)C. The highest BCUT2D eigenvalue weighted by Gasteiger charge is 2.47. The lowest BCUT2D eigenvalue weighted by atomic mass is 9.59. The number of rotatable bonds is 2. The van der Waals surface area contributed by atoms with Crippen LogP contribution in [0.2, 0.25) is 0 Å². The van der Waals surface area contributed by atoms with Gasteiger partial charge >= 0.3 is 0 Å². The summed E-state index contributed by atoms with van der Waals surface area (Å²) in [5.41, 5.74) is 0.781. The molecular weight excluding hydrogens is 158 g/mol. The van der Waals surface area contributed by atoms with Gasteiger partial charge in [0.15, 0.2) is 0 Å². The van der Waals surface area contributed by atoms with Crippen LogP contribution in [0.4, 0.5) is 0 Å². The Hall–Kier alpha value is -0.0400. The van der Waals surface area contributed by atoms with E-state index in [1.165, 1.54) is 0 Å². The van der Waals surface area contributed by atoms with Crippen LogP contribution in [0.15, 0.2) is 0 Å². The molecule has 0 amide bonds. The largest absolute Gasteiger partial charge is 0.313 e. The van der Waals surface area contributed by atoms with Gasteiger partial charge in [0, 0.05) is 5.54 Å². The molecule has 0 aliphatic heterocycles. The maximum atomic E-state index is 3.55. The van der Waals surface area contributed by atoms with Crippen molar-refractivity contribution < 1.29 is 0 Å². The van der Waals surface area contributed by atoms with Gasteiger partial charge in [0.2, 0.25) is 0 Å². The van der Waals surface area contributed by atoms with Crippen molar-refractivity contribution in [3.05, 3.63) is 0 Å². The third-order valence-corrected chi connectivity index (χ3v) is 3.52. The maximum Gasteiger partial charge on any atom is 0.0272 e. The Kier molecular flexibility index (Phi) is 3.59. The van der Waals surface area contributed by atoms with E-state index < -0.39 is 0 Å². The second kappa shape index (κ2) is 3.61. The molecule has 0 spiro atoms. The zero-order valence-corrected chi connectivity index (χ0v) is 10.7. The molecule has 0 aromatic heterocycles. The summed E-state index contributed by atoms with van der Waals surface area (Å²) in [6.45, 7) is 16.2. The van der Waals surface area contributed by atoms with E-state index in [2.05, 4.69) is 60.8 Å². The van der Waals surface area contributed by atoms with Crippen LogP contribution in [-0.2, 0) is 0 Å². The highest BCUT2D eigenvalue weighted by Crippen LogP contribution is 2.45. The normalized spacial score (nSPS) is 14.8. The molecule has 0 fully saturated rings. The summed E-state index contributed by atoms with van der Waals surface area (Å²) >= 11 is 0. The molecule has 13 heavy (non-hydrogen) atoms. The molecule has 1 nitrogen and oxygen atoms in total. The van der Waals surface area contributed by atoms with E-state index >= 15 is 0 Å². The van der Waals surface area contributed by atoms with Crippen molar-refractivity contribution in [3.8, 4) is 0 Å². The van der Waals surface area contributed by atoms with Gasteiger partial charge in [-0.25, -0.2) is 0 Å². The summed E-state index contributed by atoms with van der Waals surface area (Å²) in [5, 5.41) is 3.55. The van der Waals surface area contributed by atoms with Crippen molar-refractivity contribution in [1.82, 2.24) is 5.32 Å². The van der Waals surface area contributed by atoms with Gasteiger partial charge in [0.05, 0.1) is 0 Å². The van der Waals surface area contributed by atoms with E-state index in [9.17, 15) is 0 Å². The number of nitrogens with one attached hydrogen (secondary N) is 1. The number of hydrogen-bond donors (Lipinski definition) is 1. The maximum absolute atomic E-state index is 3.55. The molecule has 1 heteroatoms. The Balaban J connectivity index is 5.17. The summed E-state index contributed by atoms with van der Waals surface area (Å²) in [6, 6.07) is 0. The van der Waals surface area contributed by atoms with Gasteiger partial charge < -0.3 is 5.32 Å². The molecule has 0 atom stereocenters. The third kappa shape index (κ3) is 2.07. The Morgan fingerprint density at radius 2 is 1.15 bits per heavy atom. The Morgan fingerprint density at radius 3 is 1.15 bits per heavy atom. The minimum Gasteiger partial charge on any atom is -0.313 e. The molecule has 0 radical (unpaired) electrons. The van der Waals surface area contributed by atoms with E-state index in [-0.39, 0.29) is 16.4 Å². The van der Waals surface area contributed by atoms with Crippen molar-refractivity contribution in [1.29, 1.82) is 0 Å². The summed E-state index contributed by atoms with van der Waals surface area (Å²) in [7, 11) is 2.08. The van der Waals surface area contributed by atoms with Gasteiger partial charge in [0.1, 0.15) is 0 Å². The zero-order valence-electron chi connectivity index (χ0n) is 10.7. The van der Waals surface area contributed by atoms with Gasteiger partial charge in [-0.05, 0) is 24.3 Å². The fourth-order valence-corrected chi connectivity index (χ4v) is 3.11. The fourth-order valence-electron chi connectivity index (χ4n) is 3.11. The average molecular weight is 185 g/mol. The first-order valence-corrected chi connectivity index (χ1v) is 5.31. The molecule has 0 bridgehead atoms. The first kappa shape index (κ1) is 13.0. The predicted molar refractivity (Wildman–Crippen MR) is 61.0 cm³/mol. The van der Waals surface area contributed by atoms with Crippen molar-refractivity contribution in [2.75, 3.05) is 7.05 Å². The molecule has 0 saturated carbocycles. The molecule has 0 rings (SSSR count). The summed E-state index contributed by atoms with van der Waals surface area (Å²) in [4.78, 5) is 0. The quantitative estimate of drug-likeness (QED) is 0.695. The minimum atomic E-state index is 0.208. The monoisotopic (exact) mass is 185 g/mol. The van der Waals surface area contributed by atoms with Crippen LogP contribution in [0.3, 0.4) is 0 Å². The van der Waals surface area contributed by atoms with Gasteiger partial charge in [-0.1, -0.05) is 48.5 Å². The van der Waals surface area contributed by atoms with Crippen LogP contribution in [0.5, 0.6) is 0 Å². The molecule has 0 heterocycles. The van der Waals surface area contributed by atoms with Crippen LogP contribution < -0.4 is 5.32 Å². The van der Waals surface area contributed by atoms with Crippen molar-refractivity contribution in [3.63, 3.8) is 0 Å². The van der Waals surface area contributed by atoms with Crippen LogP contribution in [0.1, 0.15) is 54.9 Å². The van der Waals surface area contributed by atoms with E-state index in [0.717, 1.165) is 6.42 Å². The van der Waals surface area contributed by atoms with Crippen molar-refractivity contribution >= 4 is 0 Å². The van der Waals surface area contributed by atoms with E-state index in [1.54, 1.807) is 0 Å². The molecule has 0 saturated heterocycles. The molecule has 80 valence electrons. The highest BCUT2D eigenvalue weighted by atomic mass is 15.0.